The molecule has 2 rings (SSSR count). The van der Waals surface area contributed by atoms with E-state index in [0.29, 0.717) is 23.8 Å². The molecule has 0 aliphatic heterocycles. The molecule has 2 aromatic heterocycles. The largest absolute Gasteiger partial charge is 0.310 e. The molecular formula is C11H15N5O2. The minimum atomic E-state index is -0.315. The zero-order valence-corrected chi connectivity index (χ0v) is 10.4. The van der Waals surface area contributed by atoms with E-state index in [1.54, 1.807) is 6.92 Å². The number of nitrogens with one attached hydrogen (secondary N) is 2. The standard InChI is InChI=1S/C11H15N5O2/c1-3-5-7-12-11-14-10(18)6-8(16(11)15-7)13-9(17)4-2/h6H,3-5H2,1-2H3,(H,13,17)(H,12,14,15,18). The molecule has 0 saturated carbocycles. The third-order valence-electron chi connectivity index (χ3n) is 2.44. The van der Waals surface area contributed by atoms with E-state index in [0.717, 1.165) is 12.8 Å². The highest BCUT2D eigenvalue weighted by Crippen LogP contribution is 2.07. The second kappa shape index (κ2) is 4.99. The lowest BCUT2D eigenvalue weighted by Crippen LogP contribution is -2.17. The van der Waals surface area contributed by atoms with Crippen LogP contribution in [0, 0.1) is 0 Å². The van der Waals surface area contributed by atoms with Crippen LogP contribution in [-0.2, 0) is 11.2 Å². The van der Waals surface area contributed by atoms with Gasteiger partial charge in [-0.15, -0.1) is 5.10 Å². The molecule has 7 heteroatoms. The number of aromatic amines is 1. The van der Waals surface area contributed by atoms with Crippen LogP contribution in [0.15, 0.2) is 10.9 Å². The number of carbonyl (C=O) groups excluding carboxylic acids is 1. The molecule has 0 atom stereocenters. The molecule has 2 aromatic rings. The topological polar surface area (TPSA) is 92.1 Å². The van der Waals surface area contributed by atoms with Gasteiger partial charge in [0.1, 0.15) is 5.82 Å². The van der Waals surface area contributed by atoms with E-state index < -0.39 is 0 Å². The van der Waals surface area contributed by atoms with Crippen molar-refractivity contribution in [2.24, 2.45) is 0 Å². The Balaban J connectivity index is 2.50. The van der Waals surface area contributed by atoms with Crippen molar-refractivity contribution in [2.45, 2.75) is 33.1 Å². The van der Waals surface area contributed by atoms with Gasteiger partial charge in [-0.25, -0.2) is 0 Å². The molecule has 18 heavy (non-hydrogen) atoms. The normalized spacial score (nSPS) is 10.8. The maximum absolute atomic E-state index is 11.5. The molecule has 0 unspecified atom stereocenters. The van der Waals surface area contributed by atoms with Gasteiger partial charge >= 0.3 is 0 Å². The van der Waals surface area contributed by atoms with Crippen LogP contribution in [0.5, 0.6) is 0 Å². The van der Waals surface area contributed by atoms with Crippen LogP contribution in [0.1, 0.15) is 32.5 Å². The summed E-state index contributed by atoms with van der Waals surface area (Å²) in [6.45, 7) is 3.76. The molecule has 0 radical (unpaired) electrons. The average molecular weight is 249 g/mol. The lowest BCUT2D eigenvalue weighted by molar-refractivity contribution is -0.115. The molecule has 0 spiro atoms. The molecule has 0 aliphatic carbocycles. The monoisotopic (exact) mass is 249 g/mol. The van der Waals surface area contributed by atoms with Crippen LogP contribution in [0.3, 0.4) is 0 Å². The molecule has 2 N–H and O–H groups in total. The maximum atomic E-state index is 11.5. The van der Waals surface area contributed by atoms with Crippen LogP contribution < -0.4 is 10.9 Å². The van der Waals surface area contributed by atoms with Crippen LogP contribution in [-0.4, -0.2) is 25.5 Å². The van der Waals surface area contributed by atoms with Crippen LogP contribution in [0.4, 0.5) is 5.82 Å². The molecule has 0 saturated heterocycles. The van der Waals surface area contributed by atoms with Crippen molar-refractivity contribution in [3.63, 3.8) is 0 Å². The van der Waals surface area contributed by atoms with E-state index in [1.807, 2.05) is 6.92 Å². The molecular weight excluding hydrogens is 234 g/mol. The number of hydrogen-bond acceptors (Lipinski definition) is 4. The Kier molecular flexibility index (Phi) is 3.40. The summed E-state index contributed by atoms with van der Waals surface area (Å²) in [6, 6.07) is 1.30. The first-order valence-corrected chi connectivity index (χ1v) is 5.92. The van der Waals surface area contributed by atoms with Gasteiger partial charge in [0.15, 0.2) is 5.82 Å². The molecule has 96 valence electrons. The van der Waals surface area contributed by atoms with Crippen LogP contribution in [0.25, 0.3) is 5.78 Å². The lowest BCUT2D eigenvalue weighted by atomic mass is 10.3. The number of amides is 1. The van der Waals surface area contributed by atoms with Crippen LogP contribution >= 0.6 is 0 Å². The van der Waals surface area contributed by atoms with Gasteiger partial charge in [-0.3, -0.25) is 14.6 Å². The fraction of sp³-hybridized carbons (Fsp3) is 0.455. The van der Waals surface area contributed by atoms with Gasteiger partial charge in [0.05, 0.1) is 0 Å². The van der Waals surface area contributed by atoms with Gasteiger partial charge in [-0.05, 0) is 6.42 Å². The highest BCUT2D eigenvalue weighted by atomic mass is 16.1. The summed E-state index contributed by atoms with van der Waals surface area (Å²) in [4.78, 5) is 29.6. The van der Waals surface area contributed by atoms with E-state index in [9.17, 15) is 9.59 Å². The molecule has 0 bridgehead atoms. The zero-order valence-electron chi connectivity index (χ0n) is 10.4. The number of hydrogen-bond donors (Lipinski definition) is 2. The molecule has 1 amide bonds. The van der Waals surface area contributed by atoms with Gasteiger partial charge in [0, 0.05) is 18.9 Å². The maximum Gasteiger partial charge on any atom is 0.254 e. The van der Waals surface area contributed by atoms with Gasteiger partial charge in [0.2, 0.25) is 11.7 Å². The molecule has 2 heterocycles. The summed E-state index contributed by atoms with van der Waals surface area (Å²) in [5, 5.41) is 6.88. The molecule has 7 nitrogen and oxygen atoms in total. The van der Waals surface area contributed by atoms with Crippen molar-refractivity contribution in [2.75, 3.05) is 5.32 Å². The average Bonchev–Trinajstić information content (AvgIpc) is 2.72. The molecule has 0 aliphatic rings. The van der Waals surface area contributed by atoms with E-state index >= 15 is 0 Å². The third-order valence-corrected chi connectivity index (χ3v) is 2.44. The number of aryl methyl sites for hydroxylation is 1. The minimum absolute atomic E-state index is 0.172. The van der Waals surface area contributed by atoms with Crippen molar-refractivity contribution in [1.82, 2.24) is 19.6 Å². The Morgan fingerprint density at radius 1 is 1.50 bits per heavy atom. The summed E-state index contributed by atoms with van der Waals surface area (Å²) < 4.78 is 1.44. The van der Waals surface area contributed by atoms with E-state index in [2.05, 4.69) is 20.4 Å². The number of anilines is 1. The van der Waals surface area contributed by atoms with Gasteiger partial charge in [-0.2, -0.15) is 9.50 Å². The summed E-state index contributed by atoms with van der Waals surface area (Å²) in [5.74, 6) is 1.16. The zero-order chi connectivity index (χ0) is 13.1. The van der Waals surface area contributed by atoms with Crippen molar-refractivity contribution >= 4 is 17.5 Å². The van der Waals surface area contributed by atoms with Gasteiger partial charge in [0.25, 0.3) is 5.56 Å². The van der Waals surface area contributed by atoms with E-state index in [4.69, 9.17) is 0 Å². The Hall–Kier alpha value is -2.18. The predicted octanol–water partition coefficient (Wildman–Crippen LogP) is 0.719. The predicted molar refractivity (Wildman–Crippen MR) is 66.5 cm³/mol. The first kappa shape index (κ1) is 12.3. The summed E-state index contributed by atoms with van der Waals surface area (Å²) >= 11 is 0. The van der Waals surface area contributed by atoms with Gasteiger partial charge in [-0.1, -0.05) is 13.8 Å². The first-order valence-electron chi connectivity index (χ1n) is 5.92. The molecule has 0 fully saturated rings. The highest BCUT2D eigenvalue weighted by molar-refractivity contribution is 5.89. The number of fused-ring (bicyclic) bond motifs is 1. The number of H-pyrrole nitrogens is 1. The van der Waals surface area contributed by atoms with Crippen molar-refractivity contribution < 1.29 is 4.79 Å². The van der Waals surface area contributed by atoms with Crippen LogP contribution in [0.2, 0.25) is 0 Å². The third kappa shape index (κ3) is 2.39. The SMILES string of the molecule is CCCc1nc2[nH]c(=O)cc(NC(=O)CC)n2n1. The quantitative estimate of drug-likeness (QED) is 0.835. The number of rotatable bonds is 4. The summed E-state index contributed by atoms with van der Waals surface area (Å²) in [6.07, 6.45) is 1.98. The smallest absolute Gasteiger partial charge is 0.254 e. The Bertz CT molecular complexity index is 628. The van der Waals surface area contributed by atoms with Crippen molar-refractivity contribution in [3.8, 4) is 0 Å². The highest BCUT2D eigenvalue weighted by Gasteiger charge is 2.10. The Morgan fingerprint density at radius 2 is 2.28 bits per heavy atom. The number of nitrogens with zero attached hydrogens (tertiary/aromatic N) is 3. The summed E-state index contributed by atoms with van der Waals surface area (Å²) in [7, 11) is 0. The second-order valence-corrected chi connectivity index (χ2v) is 3.93. The van der Waals surface area contributed by atoms with Crippen molar-refractivity contribution in [3.05, 3.63) is 22.2 Å². The minimum Gasteiger partial charge on any atom is -0.310 e. The summed E-state index contributed by atoms with van der Waals surface area (Å²) in [5.41, 5.74) is -0.315. The van der Waals surface area contributed by atoms with E-state index in [-0.39, 0.29) is 11.5 Å². The number of aromatic nitrogens is 4. The van der Waals surface area contributed by atoms with E-state index in [1.165, 1.54) is 10.6 Å². The fourth-order valence-electron chi connectivity index (χ4n) is 1.58. The lowest BCUT2D eigenvalue weighted by Gasteiger charge is -2.03. The molecule has 0 aromatic carbocycles. The second-order valence-electron chi connectivity index (χ2n) is 3.93. The number of carbonyl (C=O) groups is 1. The Labute approximate surface area is 103 Å². The van der Waals surface area contributed by atoms with Gasteiger partial charge < -0.3 is 5.32 Å². The fourth-order valence-corrected chi connectivity index (χ4v) is 1.58. The van der Waals surface area contributed by atoms with Crippen molar-refractivity contribution in [1.29, 1.82) is 0 Å². The Morgan fingerprint density at radius 3 is 2.94 bits per heavy atom. The first-order chi connectivity index (χ1) is 8.63.